The molecule has 1 rings (SSSR count). The molecule has 0 saturated carbocycles. The van der Waals surface area contributed by atoms with Crippen LogP contribution in [0, 0.1) is 0 Å². The largest absolute Gasteiger partial charge is 0.427 e. The summed E-state index contributed by atoms with van der Waals surface area (Å²) in [6.45, 7) is -1.49. The van der Waals surface area contributed by atoms with Crippen LogP contribution in [-0.2, 0) is 11.2 Å². The summed E-state index contributed by atoms with van der Waals surface area (Å²) in [7, 11) is 0. The van der Waals surface area contributed by atoms with Crippen molar-refractivity contribution in [1.82, 2.24) is 0 Å². The summed E-state index contributed by atoms with van der Waals surface area (Å²) < 4.78 is 41.2. The number of aryl methyl sites for hydroxylation is 1. The van der Waals surface area contributed by atoms with E-state index in [1.165, 1.54) is 31.2 Å². The van der Waals surface area contributed by atoms with Gasteiger partial charge in [-0.2, -0.15) is 0 Å². The van der Waals surface area contributed by atoms with Crippen LogP contribution in [0.2, 0.25) is 0 Å². The van der Waals surface area contributed by atoms with E-state index < -0.39 is 19.2 Å². The molecule has 0 atom stereocenters. The van der Waals surface area contributed by atoms with Gasteiger partial charge in [-0.15, -0.1) is 0 Å². The topological polar surface area (TPSA) is 26.3 Å². The normalized spacial score (nSPS) is 17.9. The molecule has 1 aromatic rings. The second kappa shape index (κ2) is 3.90. The molecule has 0 amide bonds. The first-order chi connectivity index (χ1) is 7.64. The van der Waals surface area contributed by atoms with Crippen LogP contribution in [0.1, 0.15) is 26.2 Å². The molecule has 0 fully saturated rings. The van der Waals surface area contributed by atoms with E-state index in [0.717, 1.165) is 0 Å². The Morgan fingerprint density at radius 3 is 2.75 bits per heavy atom. The van der Waals surface area contributed by atoms with Crippen molar-refractivity contribution in [2.45, 2.75) is 20.1 Å². The molecule has 0 aliphatic rings. The number of carbonyl (C=O) groups excluding carboxylic acids is 1. The fourth-order valence-corrected chi connectivity index (χ4v) is 0.772. The van der Waals surface area contributed by atoms with E-state index in [-0.39, 0.29) is 11.3 Å². The van der Waals surface area contributed by atoms with Crippen LogP contribution in [0.25, 0.3) is 0 Å². The first kappa shape index (κ1) is 4.08. The van der Waals surface area contributed by atoms with E-state index in [9.17, 15) is 4.79 Å². The van der Waals surface area contributed by atoms with Gasteiger partial charge in [0, 0.05) is 13.8 Å². The van der Waals surface area contributed by atoms with E-state index in [0.29, 0.717) is 0 Å². The molecule has 0 bridgehead atoms. The molecule has 0 N–H and O–H groups in total. The van der Waals surface area contributed by atoms with Gasteiger partial charge < -0.3 is 4.74 Å². The zero-order valence-corrected chi connectivity index (χ0v) is 6.63. The maximum atomic E-state index is 10.7. The second-order valence-electron chi connectivity index (χ2n) is 2.24. The Hall–Kier alpha value is -1.31. The minimum Gasteiger partial charge on any atom is -0.427 e. The van der Waals surface area contributed by atoms with Gasteiger partial charge in [0.2, 0.25) is 0 Å². The second-order valence-corrected chi connectivity index (χ2v) is 2.24. The number of ether oxygens (including phenoxy) is 1. The number of esters is 1. The third kappa shape index (κ3) is 2.38. The Morgan fingerprint density at radius 1 is 1.58 bits per heavy atom. The van der Waals surface area contributed by atoms with E-state index in [2.05, 4.69) is 0 Å². The number of benzene rings is 1. The van der Waals surface area contributed by atoms with Crippen LogP contribution in [-0.4, -0.2) is 5.97 Å². The highest BCUT2D eigenvalue weighted by atomic mass is 16.5. The summed E-state index contributed by atoms with van der Waals surface area (Å²) in [5.74, 6) is -0.237. The monoisotopic (exact) mass is 169 g/mol. The van der Waals surface area contributed by atoms with Crippen molar-refractivity contribution in [3.8, 4) is 5.75 Å². The predicted molar refractivity (Wildman–Crippen MR) is 47.1 cm³/mol. The van der Waals surface area contributed by atoms with Crippen molar-refractivity contribution in [3.05, 3.63) is 29.8 Å². The van der Waals surface area contributed by atoms with Gasteiger partial charge in [0.15, 0.2) is 0 Å². The van der Waals surface area contributed by atoms with Crippen molar-refractivity contribution in [2.24, 2.45) is 0 Å². The van der Waals surface area contributed by atoms with Crippen molar-refractivity contribution in [2.75, 3.05) is 0 Å². The maximum absolute atomic E-state index is 10.7. The molecule has 0 spiro atoms. The highest BCUT2D eigenvalue weighted by molar-refractivity contribution is 5.69. The van der Waals surface area contributed by atoms with Crippen molar-refractivity contribution < 1.29 is 16.4 Å². The lowest BCUT2D eigenvalue weighted by atomic mass is 10.2. The Morgan fingerprint density at radius 2 is 2.25 bits per heavy atom. The number of rotatable bonds is 2. The van der Waals surface area contributed by atoms with Crippen molar-refractivity contribution in [3.63, 3.8) is 0 Å². The Labute approximate surface area is 79.2 Å². The molecule has 0 unspecified atom stereocenters. The van der Waals surface area contributed by atoms with E-state index in [1.807, 2.05) is 0 Å². The Kier molecular flexibility index (Phi) is 1.33. The summed E-state index contributed by atoms with van der Waals surface area (Å²) in [4.78, 5) is 10.7. The molecule has 12 heavy (non-hydrogen) atoms. The lowest BCUT2D eigenvalue weighted by Gasteiger charge is -2.01. The molecular formula is C10H12O2. The summed E-state index contributed by atoms with van der Waals surface area (Å²) in [5.41, 5.74) is 0.0217. The van der Waals surface area contributed by atoms with Crippen LogP contribution in [0.3, 0.4) is 0 Å². The standard InChI is InChI=1S/C10H12O2/c1-3-9-4-6-10(7-5-9)12-8(2)11/h4-7H,3H2,1-2H3/i1D3,3D2. The minimum absolute atomic E-state index is 0.0217. The number of hydrogen-bond acceptors (Lipinski definition) is 2. The minimum atomic E-state index is -2.74. The van der Waals surface area contributed by atoms with Crippen LogP contribution >= 0.6 is 0 Å². The SMILES string of the molecule is [2H]C([2H])([2H])C([2H])([2H])c1ccc(OC(C)=O)cc1. The fraction of sp³-hybridized carbons (Fsp3) is 0.300. The van der Waals surface area contributed by atoms with E-state index in [1.54, 1.807) is 0 Å². The van der Waals surface area contributed by atoms with Crippen LogP contribution in [0.4, 0.5) is 0 Å². The summed E-state index contributed by atoms with van der Waals surface area (Å²) >= 11 is 0. The van der Waals surface area contributed by atoms with Crippen LogP contribution in [0.5, 0.6) is 5.75 Å². The van der Waals surface area contributed by atoms with E-state index in [4.69, 9.17) is 11.6 Å². The highest BCUT2D eigenvalue weighted by Crippen LogP contribution is 2.12. The van der Waals surface area contributed by atoms with Gasteiger partial charge in [-0.1, -0.05) is 19.0 Å². The molecule has 1 aromatic carbocycles. The molecule has 64 valence electrons. The Bertz CT molecular complexity index is 408. The average molecular weight is 169 g/mol. The summed E-state index contributed by atoms with van der Waals surface area (Å²) in [5, 5.41) is 0. The molecule has 0 saturated heterocycles. The molecule has 2 heteroatoms. The lowest BCUT2D eigenvalue weighted by Crippen LogP contribution is -2.00. The predicted octanol–water partition coefficient (Wildman–Crippen LogP) is 2.17. The van der Waals surface area contributed by atoms with Gasteiger partial charge in [0.1, 0.15) is 5.75 Å². The molecule has 0 aromatic heterocycles. The number of hydrogen-bond donors (Lipinski definition) is 0. The average Bonchev–Trinajstić information content (AvgIpc) is 2.15. The number of carbonyl (C=O) groups is 1. The third-order valence-electron chi connectivity index (χ3n) is 1.26. The van der Waals surface area contributed by atoms with Gasteiger partial charge in [0.25, 0.3) is 0 Å². The zero-order valence-electron chi connectivity index (χ0n) is 11.6. The lowest BCUT2D eigenvalue weighted by molar-refractivity contribution is -0.131. The smallest absolute Gasteiger partial charge is 0.308 e. The van der Waals surface area contributed by atoms with Gasteiger partial charge in [-0.25, -0.2) is 0 Å². The molecular weight excluding hydrogens is 152 g/mol. The maximum Gasteiger partial charge on any atom is 0.308 e. The van der Waals surface area contributed by atoms with Crippen LogP contribution < -0.4 is 4.74 Å². The molecule has 0 aliphatic heterocycles. The molecule has 0 heterocycles. The third-order valence-corrected chi connectivity index (χ3v) is 1.26. The summed E-state index contributed by atoms with van der Waals surface area (Å²) in [6, 6.07) is 5.32. The molecule has 2 nitrogen and oxygen atoms in total. The fourth-order valence-electron chi connectivity index (χ4n) is 0.772. The molecule has 0 aliphatic carbocycles. The highest BCUT2D eigenvalue weighted by Gasteiger charge is 1.96. The zero-order chi connectivity index (χ0) is 13.3. The summed E-state index contributed by atoms with van der Waals surface area (Å²) in [6.07, 6.45) is -2.43. The quantitative estimate of drug-likeness (QED) is 0.501. The van der Waals surface area contributed by atoms with E-state index >= 15 is 0 Å². The Balaban J connectivity index is 2.99. The van der Waals surface area contributed by atoms with Crippen LogP contribution in [0.15, 0.2) is 24.3 Å². The van der Waals surface area contributed by atoms with Gasteiger partial charge in [-0.05, 0) is 24.1 Å². The van der Waals surface area contributed by atoms with Gasteiger partial charge >= 0.3 is 5.97 Å². The molecule has 0 radical (unpaired) electrons. The first-order valence-corrected chi connectivity index (χ1v) is 3.43. The van der Waals surface area contributed by atoms with Gasteiger partial charge in [0.05, 0.1) is 0 Å². The van der Waals surface area contributed by atoms with Gasteiger partial charge in [-0.3, -0.25) is 4.79 Å². The van der Waals surface area contributed by atoms with Crippen molar-refractivity contribution in [1.29, 1.82) is 0 Å². The van der Waals surface area contributed by atoms with Crippen molar-refractivity contribution >= 4 is 5.97 Å². The first-order valence-electron chi connectivity index (χ1n) is 5.93.